The smallest absolute Gasteiger partial charge is 0.258 e. The van der Waals surface area contributed by atoms with Crippen molar-refractivity contribution >= 4 is 28.4 Å². The summed E-state index contributed by atoms with van der Waals surface area (Å²) in [5.41, 5.74) is 1.41. The number of carbonyl (C=O) groups excluding carboxylic acids is 1. The van der Waals surface area contributed by atoms with Crippen LogP contribution in [-0.4, -0.2) is 34.4 Å². The zero-order chi connectivity index (χ0) is 19.4. The highest BCUT2D eigenvalue weighted by atomic mass is 35.5. The molecule has 1 atom stereocenters. The number of carbonyl (C=O) groups is 1. The molecule has 6 nitrogen and oxygen atoms in total. The van der Waals surface area contributed by atoms with Crippen molar-refractivity contribution < 1.29 is 4.79 Å². The van der Waals surface area contributed by atoms with Crippen LogP contribution in [0.4, 0.5) is 0 Å². The van der Waals surface area contributed by atoms with E-state index in [0.29, 0.717) is 28.3 Å². The molecule has 2 N–H and O–H groups in total. The number of H-pyrrole nitrogens is 1. The summed E-state index contributed by atoms with van der Waals surface area (Å²) in [6.45, 7) is 2.45. The lowest BCUT2D eigenvalue weighted by Crippen LogP contribution is -2.36. The number of amides is 1. The van der Waals surface area contributed by atoms with Gasteiger partial charge in [-0.25, -0.2) is 4.98 Å². The monoisotopic (exact) mass is 384 g/mol. The van der Waals surface area contributed by atoms with Crippen molar-refractivity contribution in [3.8, 4) is 0 Å². The van der Waals surface area contributed by atoms with E-state index in [9.17, 15) is 9.59 Å². The predicted molar refractivity (Wildman–Crippen MR) is 107 cm³/mol. The van der Waals surface area contributed by atoms with Crippen molar-refractivity contribution in [3.63, 3.8) is 0 Å². The van der Waals surface area contributed by atoms with E-state index in [1.807, 2.05) is 31.2 Å². The summed E-state index contributed by atoms with van der Waals surface area (Å²) >= 11 is 6.00. The van der Waals surface area contributed by atoms with Gasteiger partial charge in [-0.15, -0.1) is 0 Å². The molecule has 0 fully saturated rings. The Hall–Kier alpha value is -2.70. The second-order valence-corrected chi connectivity index (χ2v) is 6.98. The molecule has 0 saturated heterocycles. The molecule has 3 rings (SSSR count). The average Bonchev–Trinajstić information content (AvgIpc) is 2.61. The first kappa shape index (κ1) is 19.1. The lowest BCUT2D eigenvalue weighted by molar-refractivity contribution is -0.122. The minimum absolute atomic E-state index is 0.117. The van der Waals surface area contributed by atoms with Crippen LogP contribution in [0.25, 0.3) is 10.9 Å². The Morgan fingerprint density at radius 2 is 2.04 bits per heavy atom. The zero-order valence-corrected chi connectivity index (χ0v) is 16.0. The van der Waals surface area contributed by atoms with E-state index in [2.05, 4.69) is 15.3 Å². The number of benzene rings is 2. The molecular weight excluding hydrogens is 364 g/mol. The van der Waals surface area contributed by atoms with Gasteiger partial charge < -0.3 is 10.3 Å². The molecule has 27 heavy (non-hydrogen) atoms. The standard InChI is InChI=1S/C20H21ClN4O2/c1-13(14-6-5-7-15(21)10-14)22-19(26)12-25(2)11-18-23-17-9-4-3-8-16(17)20(27)24-18/h3-10,13H,11-12H2,1-2H3,(H,22,26)(H,23,24,27)/t13-/m0/s1. The van der Waals surface area contributed by atoms with Gasteiger partial charge in [0.25, 0.3) is 5.56 Å². The SMILES string of the molecule is C[C@H](NC(=O)CN(C)Cc1nc2ccccc2c(=O)[nH]1)c1cccc(Cl)c1. The number of hydrogen-bond acceptors (Lipinski definition) is 4. The van der Waals surface area contributed by atoms with E-state index in [0.717, 1.165) is 5.56 Å². The maximum Gasteiger partial charge on any atom is 0.258 e. The third-order valence-corrected chi connectivity index (χ3v) is 4.46. The molecule has 0 unspecified atom stereocenters. The molecular formula is C20H21ClN4O2. The van der Waals surface area contributed by atoms with Crippen LogP contribution in [0.3, 0.4) is 0 Å². The Bertz CT molecular complexity index is 1020. The molecule has 2 aromatic carbocycles. The Labute approximate surface area is 162 Å². The number of hydrogen-bond donors (Lipinski definition) is 2. The first-order chi connectivity index (χ1) is 12.9. The van der Waals surface area contributed by atoms with Crippen LogP contribution in [0.1, 0.15) is 24.4 Å². The maximum atomic E-state index is 12.3. The van der Waals surface area contributed by atoms with Crippen LogP contribution in [0.5, 0.6) is 0 Å². The Morgan fingerprint density at radius 1 is 1.26 bits per heavy atom. The van der Waals surface area contributed by atoms with Gasteiger partial charge in [0, 0.05) is 5.02 Å². The zero-order valence-electron chi connectivity index (χ0n) is 15.2. The summed E-state index contributed by atoms with van der Waals surface area (Å²) in [6.07, 6.45) is 0. The summed E-state index contributed by atoms with van der Waals surface area (Å²) < 4.78 is 0. The highest BCUT2D eigenvalue weighted by Crippen LogP contribution is 2.17. The average molecular weight is 385 g/mol. The highest BCUT2D eigenvalue weighted by Gasteiger charge is 2.13. The molecule has 1 heterocycles. The van der Waals surface area contributed by atoms with E-state index in [-0.39, 0.29) is 24.1 Å². The molecule has 3 aromatic rings. The fraction of sp³-hybridized carbons (Fsp3) is 0.250. The van der Waals surface area contributed by atoms with Gasteiger partial charge in [0.1, 0.15) is 5.82 Å². The molecule has 7 heteroatoms. The van der Waals surface area contributed by atoms with Gasteiger partial charge in [-0.05, 0) is 43.8 Å². The van der Waals surface area contributed by atoms with Crippen LogP contribution in [0, 0.1) is 0 Å². The van der Waals surface area contributed by atoms with Gasteiger partial charge in [0.2, 0.25) is 5.91 Å². The molecule has 0 aliphatic carbocycles. The lowest BCUT2D eigenvalue weighted by Gasteiger charge is -2.19. The van der Waals surface area contributed by atoms with Crippen molar-refractivity contribution in [1.29, 1.82) is 0 Å². The van der Waals surface area contributed by atoms with Crippen molar-refractivity contribution in [3.05, 3.63) is 75.3 Å². The number of halogens is 1. The molecule has 0 radical (unpaired) electrons. The van der Waals surface area contributed by atoms with E-state index in [4.69, 9.17) is 11.6 Å². The van der Waals surface area contributed by atoms with E-state index < -0.39 is 0 Å². The second-order valence-electron chi connectivity index (χ2n) is 6.55. The number of aromatic amines is 1. The molecule has 0 aliphatic heterocycles. The molecule has 140 valence electrons. The van der Waals surface area contributed by atoms with Gasteiger partial charge in [0.15, 0.2) is 0 Å². The minimum Gasteiger partial charge on any atom is -0.348 e. The van der Waals surface area contributed by atoms with Crippen LogP contribution < -0.4 is 10.9 Å². The van der Waals surface area contributed by atoms with Crippen molar-refractivity contribution in [2.75, 3.05) is 13.6 Å². The van der Waals surface area contributed by atoms with E-state index in [1.165, 1.54) is 0 Å². The molecule has 1 aromatic heterocycles. The van der Waals surface area contributed by atoms with Crippen LogP contribution in [-0.2, 0) is 11.3 Å². The first-order valence-electron chi connectivity index (χ1n) is 8.63. The Balaban J connectivity index is 1.61. The van der Waals surface area contributed by atoms with Gasteiger partial charge in [-0.1, -0.05) is 35.9 Å². The molecule has 0 saturated carbocycles. The fourth-order valence-electron chi connectivity index (χ4n) is 2.91. The van der Waals surface area contributed by atoms with Gasteiger partial charge in [-0.3, -0.25) is 14.5 Å². The molecule has 0 spiro atoms. The number of rotatable bonds is 6. The van der Waals surface area contributed by atoms with Gasteiger partial charge >= 0.3 is 0 Å². The fourth-order valence-corrected chi connectivity index (χ4v) is 3.11. The quantitative estimate of drug-likeness (QED) is 0.685. The maximum absolute atomic E-state index is 12.3. The summed E-state index contributed by atoms with van der Waals surface area (Å²) in [5.74, 6) is 0.407. The minimum atomic E-state index is -0.178. The molecule has 1 amide bonds. The topological polar surface area (TPSA) is 78.1 Å². The van der Waals surface area contributed by atoms with Crippen LogP contribution >= 0.6 is 11.6 Å². The van der Waals surface area contributed by atoms with Gasteiger partial charge in [0.05, 0.1) is 30.0 Å². The number of likely N-dealkylation sites (N-methyl/N-ethyl adjacent to an activating group) is 1. The summed E-state index contributed by atoms with van der Waals surface area (Å²) in [7, 11) is 1.80. The number of nitrogens with zero attached hydrogens (tertiary/aromatic N) is 2. The lowest BCUT2D eigenvalue weighted by atomic mass is 10.1. The van der Waals surface area contributed by atoms with E-state index in [1.54, 1.807) is 36.2 Å². The number of aromatic nitrogens is 2. The molecule has 0 bridgehead atoms. The van der Waals surface area contributed by atoms with Crippen molar-refractivity contribution in [2.45, 2.75) is 19.5 Å². The predicted octanol–water partition coefficient (Wildman–Crippen LogP) is 2.89. The van der Waals surface area contributed by atoms with Crippen LogP contribution in [0.2, 0.25) is 5.02 Å². The highest BCUT2D eigenvalue weighted by molar-refractivity contribution is 6.30. The summed E-state index contributed by atoms with van der Waals surface area (Å²) in [6, 6.07) is 14.4. The van der Waals surface area contributed by atoms with Crippen molar-refractivity contribution in [2.24, 2.45) is 0 Å². The summed E-state index contributed by atoms with van der Waals surface area (Å²) in [4.78, 5) is 33.5. The van der Waals surface area contributed by atoms with Crippen LogP contribution in [0.15, 0.2) is 53.3 Å². The third kappa shape index (κ3) is 4.93. The Kier molecular flexibility index (Phi) is 5.88. The van der Waals surface area contributed by atoms with E-state index >= 15 is 0 Å². The first-order valence-corrected chi connectivity index (χ1v) is 9.01. The Morgan fingerprint density at radius 3 is 2.81 bits per heavy atom. The summed E-state index contributed by atoms with van der Waals surface area (Å²) in [5, 5.41) is 4.14. The normalized spacial score (nSPS) is 12.3. The second kappa shape index (κ2) is 8.33. The number of nitrogens with one attached hydrogen (secondary N) is 2. The molecule has 0 aliphatic rings. The number of para-hydroxylation sites is 1. The van der Waals surface area contributed by atoms with Gasteiger partial charge in [-0.2, -0.15) is 0 Å². The third-order valence-electron chi connectivity index (χ3n) is 4.22. The largest absolute Gasteiger partial charge is 0.348 e. The number of fused-ring (bicyclic) bond motifs is 1. The van der Waals surface area contributed by atoms with Crippen molar-refractivity contribution in [1.82, 2.24) is 20.2 Å².